The van der Waals surface area contributed by atoms with Crippen molar-refractivity contribution >= 4 is 45.0 Å². The number of aromatic amines is 1. The van der Waals surface area contributed by atoms with E-state index in [9.17, 15) is 9.59 Å². The summed E-state index contributed by atoms with van der Waals surface area (Å²) in [5.74, 6) is 2.74. The Kier molecular flexibility index (Phi) is 5.62. The average Bonchev–Trinajstić information content (AvgIpc) is 2.70. The summed E-state index contributed by atoms with van der Waals surface area (Å²) in [6, 6.07) is 5.77. The number of rotatable bonds is 6. The lowest BCUT2D eigenvalue weighted by Crippen LogP contribution is -2.55. The van der Waals surface area contributed by atoms with Gasteiger partial charge in [-0.3, -0.25) is 14.2 Å². The molecular formula is C24H30BrN3O2S. The Labute approximate surface area is 196 Å². The lowest BCUT2D eigenvalue weighted by atomic mass is 9.48. The second-order valence-corrected chi connectivity index (χ2v) is 11.6. The van der Waals surface area contributed by atoms with Crippen LogP contribution >= 0.6 is 28.1 Å². The number of amides is 1. The first kappa shape index (κ1) is 21.4. The first-order valence-corrected chi connectivity index (χ1v) is 12.7. The molecule has 31 heavy (non-hydrogen) atoms. The summed E-state index contributed by atoms with van der Waals surface area (Å²) in [4.78, 5) is 28.7. The first-order valence-electron chi connectivity index (χ1n) is 11.5. The Bertz CT molecular complexity index is 1100. The van der Waals surface area contributed by atoms with Gasteiger partial charge in [0.25, 0.3) is 5.56 Å². The molecule has 0 saturated heterocycles. The second kappa shape index (κ2) is 8.14. The lowest BCUT2D eigenvalue weighted by molar-refractivity contribution is -0.126. The fourth-order valence-electron chi connectivity index (χ4n) is 7.00. The molecular weight excluding hydrogens is 474 g/mol. The topological polar surface area (TPSA) is 66.9 Å². The number of aromatic nitrogens is 2. The molecule has 0 aliphatic heterocycles. The maximum Gasteiger partial charge on any atom is 0.262 e. The zero-order chi connectivity index (χ0) is 21.8. The number of nitrogens with zero attached hydrogens (tertiary/aromatic N) is 1. The molecule has 0 radical (unpaired) electrons. The standard InChI is InChI=1S/C24H30BrN3O2S/c1-14(24-11-15-7-16(12-24)9-17(8-15)13-24)26-21(29)3-2-6-28-22(30)19-10-18(25)4-5-20(19)27-23(28)31/h4-5,10,14-17H,2-3,6-9,11-13H2,1H3,(H,26,29)(H,27,31). The van der Waals surface area contributed by atoms with E-state index in [1.807, 2.05) is 12.1 Å². The highest BCUT2D eigenvalue weighted by atomic mass is 79.9. The molecule has 1 amide bonds. The summed E-state index contributed by atoms with van der Waals surface area (Å²) >= 11 is 8.81. The molecule has 4 bridgehead atoms. The van der Waals surface area contributed by atoms with Crippen LogP contribution in [0.3, 0.4) is 0 Å². The SMILES string of the molecule is CC(NC(=O)CCCn1c(=S)[nH]c2ccc(Br)cc2c1=O)C12CC3CC(CC(C3)C1)C2. The van der Waals surface area contributed by atoms with Crippen molar-refractivity contribution in [3.63, 3.8) is 0 Å². The molecule has 166 valence electrons. The second-order valence-electron chi connectivity index (χ2n) is 10.2. The van der Waals surface area contributed by atoms with Crippen molar-refractivity contribution in [3.8, 4) is 0 Å². The Hall–Kier alpha value is -1.47. The van der Waals surface area contributed by atoms with Gasteiger partial charge in [-0.05, 0) is 105 Å². The van der Waals surface area contributed by atoms with Crippen LogP contribution < -0.4 is 10.9 Å². The maximum absolute atomic E-state index is 12.9. The van der Waals surface area contributed by atoms with Gasteiger partial charge < -0.3 is 10.3 Å². The Morgan fingerprint density at radius 2 is 1.90 bits per heavy atom. The van der Waals surface area contributed by atoms with E-state index in [2.05, 4.69) is 33.2 Å². The Balaban J connectivity index is 1.21. The summed E-state index contributed by atoms with van der Waals surface area (Å²) < 4.78 is 2.83. The summed E-state index contributed by atoms with van der Waals surface area (Å²) in [5.41, 5.74) is 0.939. The van der Waals surface area contributed by atoms with Crippen molar-refractivity contribution in [3.05, 3.63) is 37.8 Å². The van der Waals surface area contributed by atoms with Crippen LogP contribution in [-0.2, 0) is 11.3 Å². The first-order chi connectivity index (χ1) is 14.8. The molecule has 0 spiro atoms. The van der Waals surface area contributed by atoms with Gasteiger partial charge in [0.1, 0.15) is 0 Å². The summed E-state index contributed by atoms with van der Waals surface area (Å²) in [6.45, 7) is 2.66. The third kappa shape index (κ3) is 4.04. The van der Waals surface area contributed by atoms with Gasteiger partial charge in [0.05, 0.1) is 10.9 Å². The van der Waals surface area contributed by atoms with Gasteiger partial charge in [0.15, 0.2) is 4.77 Å². The van der Waals surface area contributed by atoms with Crippen LogP contribution in [0.5, 0.6) is 0 Å². The van der Waals surface area contributed by atoms with Crippen LogP contribution in [-0.4, -0.2) is 21.5 Å². The number of fused-ring (bicyclic) bond motifs is 1. The number of carbonyl (C=O) groups excluding carboxylic acids is 1. The molecule has 2 N–H and O–H groups in total. The van der Waals surface area contributed by atoms with E-state index in [1.165, 1.54) is 38.5 Å². The van der Waals surface area contributed by atoms with Gasteiger partial charge in [0, 0.05) is 23.5 Å². The molecule has 1 aromatic heterocycles. The van der Waals surface area contributed by atoms with E-state index in [0.717, 1.165) is 27.7 Å². The molecule has 2 aromatic rings. The van der Waals surface area contributed by atoms with Crippen LogP contribution in [0.2, 0.25) is 0 Å². The van der Waals surface area contributed by atoms with Crippen molar-refractivity contribution < 1.29 is 4.79 Å². The number of hydrogen-bond donors (Lipinski definition) is 2. The van der Waals surface area contributed by atoms with Crippen LogP contribution in [0.4, 0.5) is 0 Å². The van der Waals surface area contributed by atoms with Crippen molar-refractivity contribution in [1.82, 2.24) is 14.9 Å². The van der Waals surface area contributed by atoms with E-state index in [-0.39, 0.29) is 17.5 Å². The van der Waals surface area contributed by atoms with Gasteiger partial charge in [-0.2, -0.15) is 0 Å². The summed E-state index contributed by atoms with van der Waals surface area (Å²) in [7, 11) is 0. The largest absolute Gasteiger partial charge is 0.353 e. The van der Waals surface area contributed by atoms with Gasteiger partial charge in [0.2, 0.25) is 5.91 Å². The zero-order valence-electron chi connectivity index (χ0n) is 18.0. The molecule has 4 fully saturated rings. The number of halogens is 1. The minimum absolute atomic E-state index is 0.0923. The van der Waals surface area contributed by atoms with E-state index < -0.39 is 0 Å². The Morgan fingerprint density at radius 1 is 1.26 bits per heavy atom. The van der Waals surface area contributed by atoms with E-state index >= 15 is 0 Å². The molecule has 4 aliphatic rings. The lowest BCUT2D eigenvalue weighted by Gasteiger charge is -2.59. The van der Waals surface area contributed by atoms with Crippen molar-refractivity contribution in [1.29, 1.82) is 0 Å². The molecule has 1 atom stereocenters. The molecule has 1 aromatic carbocycles. The third-order valence-corrected chi connectivity index (χ3v) is 8.93. The summed E-state index contributed by atoms with van der Waals surface area (Å²) in [5, 5.41) is 3.92. The molecule has 1 heterocycles. The third-order valence-electron chi connectivity index (χ3n) is 8.11. The van der Waals surface area contributed by atoms with Crippen LogP contribution in [0.1, 0.15) is 58.3 Å². The molecule has 4 aliphatic carbocycles. The molecule has 6 rings (SSSR count). The van der Waals surface area contributed by atoms with E-state index in [1.54, 1.807) is 10.6 Å². The maximum atomic E-state index is 12.9. The fraction of sp³-hybridized carbons (Fsp3) is 0.625. The smallest absolute Gasteiger partial charge is 0.262 e. The highest BCUT2D eigenvalue weighted by molar-refractivity contribution is 9.10. The van der Waals surface area contributed by atoms with Crippen molar-refractivity contribution in [2.45, 2.75) is 70.9 Å². The van der Waals surface area contributed by atoms with Crippen molar-refractivity contribution in [2.24, 2.45) is 23.2 Å². The van der Waals surface area contributed by atoms with Crippen LogP contribution in [0, 0.1) is 27.9 Å². The molecule has 1 unspecified atom stereocenters. The molecule has 4 saturated carbocycles. The predicted molar refractivity (Wildman–Crippen MR) is 129 cm³/mol. The van der Waals surface area contributed by atoms with Gasteiger partial charge in [-0.15, -0.1) is 0 Å². The van der Waals surface area contributed by atoms with Gasteiger partial charge in [-0.25, -0.2) is 0 Å². The van der Waals surface area contributed by atoms with Crippen LogP contribution in [0.15, 0.2) is 27.5 Å². The predicted octanol–water partition coefficient (Wildman–Crippen LogP) is 5.32. The number of nitrogens with one attached hydrogen (secondary N) is 2. The normalized spacial score (nSPS) is 29.9. The minimum atomic E-state index is -0.109. The molecule has 7 heteroatoms. The number of hydrogen-bond acceptors (Lipinski definition) is 3. The number of carbonyl (C=O) groups is 1. The quantitative estimate of drug-likeness (QED) is 0.523. The zero-order valence-corrected chi connectivity index (χ0v) is 20.4. The average molecular weight is 504 g/mol. The highest BCUT2D eigenvalue weighted by Gasteiger charge is 2.53. The monoisotopic (exact) mass is 503 g/mol. The van der Waals surface area contributed by atoms with Gasteiger partial charge >= 0.3 is 0 Å². The van der Waals surface area contributed by atoms with Crippen molar-refractivity contribution in [2.75, 3.05) is 0 Å². The highest BCUT2D eigenvalue weighted by Crippen LogP contribution is 2.61. The Morgan fingerprint density at radius 3 is 2.55 bits per heavy atom. The van der Waals surface area contributed by atoms with E-state index in [0.29, 0.717) is 35.0 Å². The summed E-state index contributed by atoms with van der Waals surface area (Å²) in [6.07, 6.45) is 9.12. The minimum Gasteiger partial charge on any atom is -0.353 e. The molecule has 5 nitrogen and oxygen atoms in total. The van der Waals surface area contributed by atoms with E-state index in [4.69, 9.17) is 12.2 Å². The fourth-order valence-corrected chi connectivity index (χ4v) is 7.64. The van der Waals surface area contributed by atoms with Gasteiger partial charge in [-0.1, -0.05) is 15.9 Å². The number of benzene rings is 1. The number of H-pyrrole nitrogens is 1. The van der Waals surface area contributed by atoms with Crippen LogP contribution in [0.25, 0.3) is 10.9 Å².